The highest BCUT2D eigenvalue weighted by Gasteiger charge is 2.29. The van der Waals surface area contributed by atoms with Gasteiger partial charge in [-0.05, 0) is 63.3 Å². The molecule has 0 bridgehead atoms. The van der Waals surface area contributed by atoms with Crippen LogP contribution in [0.2, 0.25) is 0 Å². The summed E-state index contributed by atoms with van der Waals surface area (Å²) in [7, 11) is 4.10. The molecule has 5 rings (SSSR count). The second-order valence-corrected chi connectivity index (χ2v) is 11.4. The number of benzene rings is 3. The second kappa shape index (κ2) is 14.3. The molecule has 0 unspecified atom stereocenters. The number of amides is 1. The van der Waals surface area contributed by atoms with Gasteiger partial charge in [0.05, 0.1) is 0 Å². The number of aromatic nitrogens is 2. The summed E-state index contributed by atoms with van der Waals surface area (Å²) in [5.74, 6) is -14.5. The zero-order chi connectivity index (χ0) is 33.8. The van der Waals surface area contributed by atoms with Gasteiger partial charge in [0.1, 0.15) is 5.56 Å². The zero-order valence-electron chi connectivity index (χ0n) is 26.3. The van der Waals surface area contributed by atoms with Crippen LogP contribution < -0.4 is 20.3 Å². The van der Waals surface area contributed by atoms with Crippen molar-refractivity contribution >= 4 is 28.9 Å². The molecule has 2 N–H and O–H groups in total. The molecule has 1 fully saturated rings. The lowest BCUT2D eigenvalue weighted by atomic mass is 10.1. The minimum absolute atomic E-state index is 0.158. The number of halogens is 5. The molecule has 9 nitrogen and oxygen atoms in total. The molecule has 248 valence electrons. The lowest BCUT2D eigenvalue weighted by molar-refractivity contribution is 0.102. The van der Waals surface area contributed by atoms with Crippen molar-refractivity contribution in [3.05, 3.63) is 94.4 Å². The van der Waals surface area contributed by atoms with Crippen LogP contribution >= 0.6 is 0 Å². The number of ether oxygens (including phenoxy) is 1. The fourth-order valence-electron chi connectivity index (χ4n) is 5.08. The van der Waals surface area contributed by atoms with Crippen molar-refractivity contribution in [2.75, 3.05) is 68.9 Å². The first-order valence-electron chi connectivity index (χ1n) is 14.9. The van der Waals surface area contributed by atoms with E-state index in [-0.39, 0.29) is 5.95 Å². The number of likely N-dealkylation sites (N-methyl/N-ethyl adjacent to an activating group) is 1. The number of aryl methyl sites for hydroxylation is 2. The molecule has 2 heterocycles. The number of hydrogen-bond acceptors (Lipinski definition) is 8. The number of nitrogens with zero attached hydrogens (tertiary/aromatic N) is 5. The van der Waals surface area contributed by atoms with E-state index in [0.29, 0.717) is 11.4 Å². The van der Waals surface area contributed by atoms with Gasteiger partial charge in [0.25, 0.3) is 5.91 Å². The summed E-state index contributed by atoms with van der Waals surface area (Å²) in [6, 6.07) is 12.7. The predicted molar refractivity (Wildman–Crippen MR) is 169 cm³/mol. The van der Waals surface area contributed by atoms with Crippen LogP contribution in [0, 0.1) is 42.9 Å². The number of carbonyl (C=O) groups excluding carboxylic acids is 1. The third-order valence-corrected chi connectivity index (χ3v) is 7.81. The molecule has 0 spiro atoms. The van der Waals surface area contributed by atoms with E-state index < -0.39 is 52.2 Å². The van der Waals surface area contributed by atoms with Gasteiger partial charge >= 0.3 is 0 Å². The van der Waals surface area contributed by atoms with Crippen molar-refractivity contribution in [1.82, 2.24) is 19.8 Å². The fourth-order valence-corrected chi connectivity index (χ4v) is 5.08. The van der Waals surface area contributed by atoms with Crippen LogP contribution in [0.3, 0.4) is 0 Å². The summed E-state index contributed by atoms with van der Waals surface area (Å²) in [6.07, 6.45) is 1.03. The number of piperazine rings is 1. The van der Waals surface area contributed by atoms with Crippen LogP contribution in [0.5, 0.6) is 11.6 Å². The maximum atomic E-state index is 14.6. The Balaban J connectivity index is 1.39. The monoisotopic (exact) mass is 655 g/mol. The van der Waals surface area contributed by atoms with Crippen LogP contribution in [0.4, 0.5) is 45.0 Å². The molecular formula is C33H34F5N7O2. The van der Waals surface area contributed by atoms with E-state index in [2.05, 4.69) is 49.4 Å². The van der Waals surface area contributed by atoms with Gasteiger partial charge in [0.15, 0.2) is 0 Å². The van der Waals surface area contributed by atoms with E-state index in [1.807, 2.05) is 12.1 Å². The first-order valence-corrected chi connectivity index (χ1v) is 14.9. The molecule has 0 radical (unpaired) electrons. The SMILES string of the molecule is Cc1cccc(C)c1NC(=O)c1cnc(Nc2ccc(N3CCN(CCN(C)C)CC3)cc2)nc1Oc1c(F)c(F)c(F)c(F)c1F. The third kappa shape index (κ3) is 7.60. The van der Waals surface area contributed by atoms with Crippen LogP contribution in [0.15, 0.2) is 48.7 Å². The molecule has 0 saturated carbocycles. The minimum Gasteiger partial charge on any atom is -0.432 e. The summed E-state index contributed by atoms with van der Waals surface area (Å²) in [6.45, 7) is 9.14. The standard InChI is InChI=1S/C33H34F5N7O2/c1-19-6-5-7-20(2)29(19)41-31(46)23-18-39-33(42-32(23)47-30-27(37)25(35)24(34)26(36)28(30)38)40-21-8-10-22(11-9-21)45-16-14-44(15-17-45)13-12-43(3)4/h5-11,18H,12-17H2,1-4H3,(H,41,46)(H,39,40,42). The molecule has 1 aliphatic rings. The Labute approximate surface area is 269 Å². The first-order chi connectivity index (χ1) is 22.4. The average Bonchev–Trinajstić information content (AvgIpc) is 3.06. The minimum atomic E-state index is -2.35. The van der Waals surface area contributed by atoms with Crippen molar-refractivity contribution in [3.63, 3.8) is 0 Å². The van der Waals surface area contributed by atoms with E-state index in [1.54, 1.807) is 44.2 Å². The summed E-state index contributed by atoms with van der Waals surface area (Å²) < 4.78 is 76.0. The van der Waals surface area contributed by atoms with Gasteiger partial charge in [-0.3, -0.25) is 9.69 Å². The van der Waals surface area contributed by atoms with Gasteiger partial charge < -0.3 is 25.2 Å². The van der Waals surface area contributed by atoms with Crippen molar-refractivity contribution in [2.24, 2.45) is 0 Å². The molecule has 1 aromatic heterocycles. The highest BCUT2D eigenvalue weighted by Crippen LogP contribution is 2.34. The second-order valence-electron chi connectivity index (χ2n) is 11.4. The van der Waals surface area contributed by atoms with E-state index in [1.165, 1.54) is 0 Å². The van der Waals surface area contributed by atoms with Crippen LogP contribution in [0.25, 0.3) is 0 Å². The Bertz CT molecular complexity index is 1710. The third-order valence-electron chi connectivity index (χ3n) is 7.81. The zero-order valence-corrected chi connectivity index (χ0v) is 26.3. The Morgan fingerprint density at radius 3 is 2.06 bits per heavy atom. The molecule has 1 saturated heterocycles. The average molecular weight is 656 g/mol. The van der Waals surface area contributed by atoms with E-state index in [0.717, 1.165) is 62.3 Å². The number of para-hydroxylation sites is 1. The molecule has 0 aliphatic carbocycles. The number of hydrogen-bond donors (Lipinski definition) is 2. The number of anilines is 4. The van der Waals surface area contributed by atoms with E-state index in [4.69, 9.17) is 4.74 Å². The first kappa shape index (κ1) is 33.5. The quantitative estimate of drug-likeness (QED) is 0.118. The largest absolute Gasteiger partial charge is 0.432 e. The van der Waals surface area contributed by atoms with Gasteiger partial charge in [0.2, 0.25) is 46.7 Å². The Morgan fingerprint density at radius 2 is 1.47 bits per heavy atom. The van der Waals surface area contributed by atoms with Gasteiger partial charge in [-0.2, -0.15) is 13.8 Å². The fraction of sp³-hybridized carbons (Fsp3) is 0.303. The van der Waals surface area contributed by atoms with Crippen molar-refractivity contribution in [1.29, 1.82) is 0 Å². The Morgan fingerprint density at radius 1 is 0.872 bits per heavy atom. The van der Waals surface area contributed by atoms with E-state index in [9.17, 15) is 26.7 Å². The molecule has 0 atom stereocenters. The summed E-state index contributed by atoms with van der Waals surface area (Å²) in [5, 5.41) is 5.61. The molecule has 3 aromatic carbocycles. The molecule has 4 aromatic rings. The van der Waals surface area contributed by atoms with Crippen molar-refractivity contribution < 1.29 is 31.5 Å². The Hall–Kier alpha value is -4.82. The lowest BCUT2D eigenvalue weighted by Crippen LogP contribution is -2.48. The van der Waals surface area contributed by atoms with Crippen LogP contribution in [0.1, 0.15) is 21.5 Å². The van der Waals surface area contributed by atoms with Gasteiger partial charge in [-0.25, -0.2) is 18.2 Å². The number of rotatable bonds is 10. The molecule has 14 heteroatoms. The molecular weight excluding hydrogens is 621 g/mol. The van der Waals surface area contributed by atoms with Gasteiger partial charge in [-0.15, -0.1) is 0 Å². The van der Waals surface area contributed by atoms with Gasteiger partial charge in [0, 0.05) is 62.5 Å². The highest BCUT2D eigenvalue weighted by atomic mass is 19.2. The Kier molecular flexibility index (Phi) is 10.2. The lowest BCUT2D eigenvalue weighted by Gasteiger charge is -2.36. The molecule has 47 heavy (non-hydrogen) atoms. The van der Waals surface area contributed by atoms with Gasteiger partial charge in [-0.1, -0.05) is 18.2 Å². The highest BCUT2D eigenvalue weighted by molar-refractivity contribution is 6.06. The van der Waals surface area contributed by atoms with Crippen molar-refractivity contribution in [3.8, 4) is 11.6 Å². The summed E-state index contributed by atoms with van der Waals surface area (Å²) in [4.78, 5) is 28.4. The molecule has 1 aliphatic heterocycles. The normalized spacial score (nSPS) is 13.6. The maximum absolute atomic E-state index is 14.6. The predicted octanol–water partition coefficient (Wildman–Crippen LogP) is 6.26. The summed E-state index contributed by atoms with van der Waals surface area (Å²) >= 11 is 0. The van der Waals surface area contributed by atoms with Crippen LogP contribution in [-0.4, -0.2) is 79.0 Å². The van der Waals surface area contributed by atoms with E-state index >= 15 is 0 Å². The maximum Gasteiger partial charge on any atom is 0.262 e. The smallest absolute Gasteiger partial charge is 0.262 e. The topological polar surface area (TPSA) is 85.9 Å². The number of nitrogens with one attached hydrogen (secondary N) is 2. The number of carbonyl (C=O) groups is 1. The molecule has 1 amide bonds. The van der Waals surface area contributed by atoms with Crippen LogP contribution in [-0.2, 0) is 0 Å². The summed E-state index contributed by atoms with van der Waals surface area (Å²) in [5.41, 5.74) is 3.02. The van der Waals surface area contributed by atoms with Crippen molar-refractivity contribution in [2.45, 2.75) is 13.8 Å².